The minimum atomic E-state index is 0.309. The zero-order chi connectivity index (χ0) is 19.8. The highest BCUT2D eigenvalue weighted by Crippen LogP contribution is 2.35. The number of hydrogen-bond acceptors (Lipinski definition) is 8. The van der Waals surface area contributed by atoms with Crippen LogP contribution in [-0.2, 0) is 6.54 Å². The van der Waals surface area contributed by atoms with Crippen LogP contribution in [0.5, 0.6) is 0 Å². The second-order valence-electron chi connectivity index (χ2n) is 7.07. The molecule has 4 aromatic heterocycles. The van der Waals surface area contributed by atoms with Gasteiger partial charge in [-0.15, -0.1) is 22.7 Å². The number of nitrogens with one attached hydrogen (secondary N) is 1. The summed E-state index contributed by atoms with van der Waals surface area (Å²) in [5.41, 5.74) is 4.04. The molecule has 7 nitrogen and oxygen atoms in total. The van der Waals surface area contributed by atoms with Crippen LogP contribution in [0.15, 0.2) is 35.3 Å². The van der Waals surface area contributed by atoms with Crippen molar-refractivity contribution >= 4 is 38.6 Å². The number of anilines is 2. The normalized spacial score (nSPS) is 17.0. The third-order valence-electron chi connectivity index (χ3n) is 5.27. The predicted octanol–water partition coefficient (Wildman–Crippen LogP) is 4.51. The van der Waals surface area contributed by atoms with Gasteiger partial charge in [0.15, 0.2) is 10.1 Å². The molecule has 0 aliphatic carbocycles. The lowest BCUT2D eigenvalue weighted by Gasteiger charge is -2.23. The first-order valence-electron chi connectivity index (χ1n) is 9.45. The summed E-state index contributed by atoms with van der Waals surface area (Å²) in [6, 6.07) is 5.87. The van der Waals surface area contributed by atoms with Gasteiger partial charge >= 0.3 is 0 Å². The Bertz CT molecular complexity index is 1200. The Kier molecular flexibility index (Phi) is 4.75. The predicted molar refractivity (Wildman–Crippen MR) is 115 cm³/mol. The Morgan fingerprint density at radius 2 is 2.28 bits per heavy atom. The van der Waals surface area contributed by atoms with E-state index in [0.717, 1.165) is 41.0 Å². The molecule has 0 amide bonds. The van der Waals surface area contributed by atoms with Crippen molar-refractivity contribution in [3.8, 4) is 6.07 Å². The van der Waals surface area contributed by atoms with E-state index in [1.165, 1.54) is 12.1 Å². The van der Waals surface area contributed by atoms with E-state index >= 15 is 0 Å². The fraction of sp³-hybridized carbons (Fsp3) is 0.300. The summed E-state index contributed by atoms with van der Waals surface area (Å²) >= 11 is 3.25. The summed E-state index contributed by atoms with van der Waals surface area (Å²) in [6.07, 6.45) is 6.01. The quantitative estimate of drug-likeness (QED) is 0.511. The second kappa shape index (κ2) is 7.55. The van der Waals surface area contributed by atoms with Crippen molar-refractivity contribution in [3.05, 3.63) is 57.9 Å². The molecule has 0 radical (unpaired) electrons. The molecule has 1 aliphatic rings. The van der Waals surface area contributed by atoms with E-state index in [2.05, 4.69) is 54.5 Å². The van der Waals surface area contributed by atoms with Crippen LogP contribution in [0.25, 0.3) is 4.96 Å². The molecule has 0 spiro atoms. The number of nitriles is 1. The van der Waals surface area contributed by atoms with E-state index < -0.39 is 0 Å². The Morgan fingerprint density at radius 3 is 3.17 bits per heavy atom. The highest BCUT2D eigenvalue weighted by Gasteiger charge is 2.29. The molecule has 9 heteroatoms. The maximum absolute atomic E-state index is 9.05. The molecule has 1 N–H and O–H groups in total. The summed E-state index contributed by atoms with van der Waals surface area (Å²) < 4.78 is 2.21. The van der Waals surface area contributed by atoms with Crippen LogP contribution >= 0.6 is 22.7 Å². The largest absolute Gasteiger partial charge is 0.316 e. The monoisotopic (exact) mass is 421 g/mol. The number of pyridine rings is 1. The number of likely N-dealkylation sites (tertiary alicyclic amines) is 1. The van der Waals surface area contributed by atoms with Gasteiger partial charge in [-0.1, -0.05) is 0 Å². The molecule has 1 aliphatic heterocycles. The molecule has 1 saturated heterocycles. The van der Waals surface area contributed by atoms with Crippen LogP contribution in [0.4, 0.5) is 10.9 Å². The van der Waals surface area contributed by atoms with E-state index in [1.54, 1.807) is 41.0 Å². The maximum Gasteiger partial charge on any atom is 0.194 e. The number of fused-ring (bicyclic) bond motifs is 1. The molecule has 5 heterocycles. The van der Waals surface area contributed by atoms with Gasteiger partial charge in [0, 0.05) is 29.7 Å². The number of rotatable bonds is 5. The molecule has 1 fully saturated rings. The number of nitrogens with zero attached hydrogens (tertiary/aromatic N) is 6. The van der Waals surface area contributed by atoms with Crippen molar-refractivity contribution in [2.45, 2.75) is 32.4 Å². The van der Waals surface area contributed by atoms with Crippen molar-refractivity contribution in [2.75, 3.05) is 11.9 Å². The molecular formula is C20H19N7S2. The Labute approximate surface area is 176 Å². The molecule has 0 aromatic carbocycles. The molecule has 0 saturated carbocycles. The van der Waals surface area contributed by atoms with Gasteiger partial charge in [-0.25, -0.2) is 15.0 Å². The fourth-order valence-corrected chi connectivity index (χ4v) is 5.39. The summed E-state index contributed by atoms with van der Waals surface area (Å²) in [7, 11) is 0. The van der Waals surface area contributed by atoms with Crippen LogP contribution < -0.4 is 5.32 Å². The van der Waals surface area contributed by atoms with Crippen LogP contribution in [0.1, 0.15) is 41.5 Å². The minimum Gasteiger partial charge on any atom is -0.316 e. The van der Waals surface area contributed by atoms with E-state index in [-0.39, 0.29) is 0 Å². The molecule has 5 rings (SSSR count). The maximum atomic E-state index is 9.05. The van der Waals surface area contributed by atoms with Crippen molar-refractivity contribution in [3.63, 3.8) is 0 Å². The SMILES string of the molecule is Cc1nc2sccn2c1CN1CCC[C@@H]1c1csc(Nc2cc(C#N)ccn2)n1. The third kappa shape index (κ3) is 3.51. The molecule has 0 unspecified atom stereocenters. The fourth-order valence-electron chi connectivity index (χ4n) is 3.85. The van der Waals surface area contributed by atoms with Gasteiger partial charge in [0.05, 0.1) is 34.8 Å². The summed E-state index contributed by atoms with van der Waals surface area (Å²) in [4.78, 5) is 17.3. The van der Waals surface area contributed by atoms with Gasteiger partial charge in [-0.3, -0.25) is 9.30 Å². The van der Waals surface area contributed by atoms with Gasteiger partial charge < -0.3 is 5.32 Å². The molecule has 0 bridgehead atoms. The number of aryl methyl sites for hydroxylation is 1. The van der Waals surface area contributed by atoms with Gasteiger partial charge in [0.25, 0.3) is 0 Å². The van der Waals surface area contributed by atoms with Crippen molar-refractivity contribution in [1.29, 1.82) is 5.26 Å². The second-order valence-corrected chi connectivity index (χ2v) is 8.80. The highest BCUT2D eigenvalue weighted by atomic mass is 32.1. The summed E-state index contributed by atoms with van der Waals surface area (Å²) in [5, 5.41) is 17.3. The molecular weight excluding hydrogens is 402 g/mol. The van der Waals surface area contributed by atoms with Crippen LogP contribution in [0.3, 0.4) is 0 Å². The zero-order valence-corrected chi connectivity index (χ0v) is 17.5. The first kappa shape index (κ1) is 18.2. The number of thiazole rings is 2. The van der Waals surface area contributed by atoms with Gasteiger partial charge in [-0.05, 0) is 38.4 Å². The van der Waals surface area contributed by atoms with Crippen molar-refractivity contribution in [1.82, 2.24) is 24.3 Å². The minimum absolute atomic E-state index is 0.309. The molecule has 4 aromatic rings. The van der Waals surface area contributed by atoms with E-state index in [0.29, 0.717) is 17.4 Å². The third-order valence-corrected chi connectivity index (χ3v) is 6.80. The van der Waals surface area contributed by atoms with Gasteiger partial charge in [0.2, 0.25) is 0 Å². The van der Waals surface area contributed by atoms with Crippen LogP contribution in [-0.4, -0.2) is 30.8 Å². The number of hydrogen-bond donors (Lipinski definition) is 1. The molecule has 1 atom stereocenters. The van der Waals surface area contributed by atoms with Gasteiger partial charge in [0.1, 0.15) is 5.82 Å². The lowest BCUT2D eigenvalue weighted by atomic mass is 10.1. The average Bonchev–Trinajstić information content (AvgIpc) is 3.49. The van der Waals surface area contributed by atoms with E-state index in [9.17, 15) is 0 Å². The lowest BCUT2D eigenvalue weighted by Crippen LogP contribution is -2.24. The summed E-state index contributed by atoms with van der Waals surface area (Å²) in [6.45, 7) is 4.03. The molecule has 146 valence electrons. The number of imidazole rings is 1. The lowest BCUT2D eigenvalue weighted by molar-refractivity contribution is 0.241. The summed E-state index contributed by atoms with van der Waals surface area (Å²) in [5.74, 6) is 0.642. The first-order valence-corrected chi connectivity index (χ1v) is 11.2. The number of aromatic nitrogens is 4. The Balaban J connectivity index is 1.34. The van der Waals surface area contributed by atoms with E-state index in [4.69, 9.17) is 10.2 Å². The van der Waals surface area contributed by atoms with E-state index in [1.807, 2.05) is 0 Å². The highest BCUT2D eigenvalue weighted by molar-refractivity contribution is 7.15. The van der Waals surface area contributed by atoms with Crippen LogP contribution in [0.2, 0.25) is 0 Å². The average molecular weight is 422 g/mol. The smallest absolute Gasteiger partial charge is 0.194 e. The topological polar surface area (TPSA) is 82.1 Å². The van der Waals surface area contributed by atoms with Gasteiger partial charge in [-0.2, -0.15) is 5.26 Å². The van der Waals surface area contributed by atoms with Crippen LogP contribution in [0, 0.1) is 18.3 Å². The first-order chi connectivity index (χ1) is 14.2. The molecule has 29 heavy (non-hydrogen) atoms. The zero-order valence-electron chi connectivity index (χ0n) is 15.9. The van der Waals surface area contributed by atoms with Crippen molar-refractivity contribution in [2.24, 2.45) is 0 Å². The standard InChI is InChI=1S/C20H19N7S2/c1-13-17(27-7-8-28-20(27)23-13)11-26-6-2-3-16(26)15-12-29-19(24-15)25-18-9-14(10-21)4-5-22-18/h4-5,7-9,12,16H,2-3,6,11H2,1H3,(H,22,24,25)/t16-/m1/s1. The van der Waals surface area contributed by atoms with Crippen molar-refractivity contribution < 1.29 is 0 Å². The Morgan fingerprint density at radius 1 is 1.34 bits per heavy atom. The Hall–Kier alpha value is -2.80.